The standard InChI is InChI=1S/C44H70O16/c1-19-8-13-44(53-18-19)20(2)30-27(60-44)15-26-24-7-6-22-14-23(9-11-42(22,4)25(24)10-12-43(26,30)5)55-41-38(59-39-35(51)33(49)31(47)21(3)54-39)36(52)37(29(17-46)57-41)58-40-34(50)32(48)28(16-45)56-40/h6,19-21,23-41,45-52H,7-18H2,1-5H3/t19?,20?,21-,23-,24?,25?,26?,27?,28-,29+,30?,31+,32-,33+,34+,35+,36-,37+,38+,39-,40-,41+,42-,43-,44?/m0/s1. The summed E-state index contributed by atoms with van der Waals surface area (Å²) in [5.41, 5.74) is 1.54. The van der Waals surface area contributed by atoms with Crippen LogP contribution in [0.15, 0.2) is 11.6 Å². The lowest BCUT2D eigenvalue weighted by Crippen LogP contribution is -2.65. The molecule has 0 aromatic heterocycles. The summed E-state index contributed by atoms with van der Waals surface area (Å²) >= 11 is 0. The summed E-state index contributed by atoms with van der Waals surface area (Å²) in [4.78, 5) is 0. The third kappa shape index (κ3) is 7.10. The second-order valence-electron chi connectivity index (χ2n) is 20.6. The molecule has 0 bridgehead atoms. The van der Waals surface area contributed by atoms with Gasteiger partial charge in [-0.2, -0.15) is 0 Å². The van der Waals surface area contributed by atoms with Crippen LogP contribution in [-0.2, 0) is 37.9 Å². The Kier molecular flexibility index (Phi) is 12.2. The highest BCUT2D eigenvalue weighted by molar-refractivity contribution is 5.26. The average molecular weight is 855 g/mol. The maximum atomic E-state index is 11.9. The Morgan fingerprint density at radius 3 is 2.10 bits per heavy atom. The van der Waals surface area contributed by atoms with Crippen molar-refractivity contribution in [2.24, 2.45) is 46.3 Å². The first-order chi connectivity index (χ1) is 28.5. The Morgan fingerprint density at radius 1 is 0.700 bits per heavy atom. The van der Waals surface area contributed by atoms with Gasteiger partial charge in [0.05, 0.1) is 38.1 Å². The molecule has 0 aromatic rings. The summed E-state index contributed by atoms with van der Waals surface area (Å²) in [7, 11) is 0. The Balaban J connectivity index is 0.913. The zero-order valence-corrected chi connectivity index (χ0v) is 35.6. The second-order valence-corrected chi connectivity index (χ2v) is 20.6. The first-order valence-corrected chi connectivity index (χ1v) is 22.8. The first-order valence-electron chi connectivity index (χ1n) is 22.8. The SMILES string of the molecule is CC1CCC2(OC1)OC1CC3C4CC=C5C[C@@H](O[C@@H]6O[C@H](CO)[C@@H](O[C@@H]7O[C@@H](CO)[C@H](O)[C@H]7O)[C@H](O)[C@H]6O[C@@H]6O[C@@H](C)[C@@H](O)[C@@H](O)[C@H]6O)CC[C@]5(C)C4CC[C@]3(C)C1C2C. The van der Waals surface area contributed by atoms with E-state index >= 15 is 0 Å². The van der Waals surface area contributed by atoms with Crippen LogP contribution in [0.25, 0.3) is 0 Å². The highest BCUT2D eigenvalue weighted by atomic mass is 16.8. The van der Waals surface area contributed by atoms with Gasteiger partial charge in [-0.1, -0.05) is 39.3 Å². The van der Waals surface area contributed by atoms with Crippen molar-refractivity contribution in [1.29, 1.82) is 0 Å². The van der Waals surface area contributed by atoms with Gasteiger partial charge >= 0.3 is 0 Å². The number of rotatable bonds is 8. The molecule has 0 radical (unpaired) electrons. The van der Waals surface area contributed by atoms with Gasteiger partial charge in [-0.05, 0) is 98.7 Å². The van der Waals surface area contributed by atoms with Crippen LogP contribution >= 0.6 is 0 Å². The van der Waals surface area contributed by atoms with Crippen LogP contribution in [0, 0.1) is 46.3 Å². The van der Waals surface area contributed by atoms with Crippen molar-refractivity contribution in [3.05, 3.63) is 11.6 Å². The number of aliphatic hydroxyl groups excluding tert-OH is 8. The van der Waals surface area contributed by atoms with Gasteiger partial charge in [0.25, 0.3) is 0 Å². The van der Waals surface area contributed by atoms with Gasteiger partial charge in [0.1, 0.15) is 61.0 Å². The van der Waals surface area contributed by atoms with Gasteiger partial charge in [-0.3, -0.25) is 0 Å². The minimum Gasteiger partial charge on any atom is -0.394 e. The van der Waals surface area contributed by atoms with E-state index in [-0.39, 0.29) is 23.0 Å². The van der Waals surface area contributed by atoms with Gasteiger partial charge < -0.3 is 78.7 Å². The van der Waals surface area contributed by atoms with Crippen LogP contribution in [-0.4, -0.2) is 165 Å². The van der Waals surface area contributed by atoms with Gasteiger partial charge in [0, 0.05) is 12.3 Å². The molecule has 5 saturated heterocycles. The predicted molar refractivity (Wildman–Crippen MR) is 208 cm³/mol. The fraction of sp³-hybridized carbons (Fsp3) is 0.955. The Labute approximate surface area is 352 Å². The van der Waals surface area contributed by atoms with Crippen LogP contribution in [0.5, 0.6) is 0 Å². The van der Waals surface area contributed by atoms with Crippen LogP contribution in [0.4, 0.5) is 0 Å². The highest BCUT2D eigenvalue weighted by Gasteiger charge is 2.69. The lowest BCUT2D eigenvalue weighted by atomic mass is 9.47. The van der Waals surface area contributed by atoms with Gasteiger partial charge in [0.15, 0.2) is 24.7 Å². The zero-order valence-electron chi connectivity index (χ0n) is 35.6. The number of allylic oxidation sites excluding steroid dienone is 1. The summed E-state index contributed by atoms with van der Waals surface area (Å²) < 4.78 is 49.9. The maximum Gasteiger partial charge on any atom is 0.187 e. The number of hydrogen-bond acceptors (Lipinski definition) is 16. The molecule has 8 unspecified atom stereocenters. The Hall–Kier alpha value is -0.900. The van der Waals surface area contributed by atoms with Gasteiger partial charge in [-0.25, -0.2) is 0 Å². The monoisotopic (exact) mass is 854 g/mol. The molecular weight excluding hydrogens is 784 g/mol. The van der Waals surface area contributed by atoms with E-state index < -0.39 is 105 Å². The molecule has 8 fully saturated rings. The molecule has 60 heavy (non-hydrogen) atoms. The van der Waals surface area contributed by atoms with Crippen molar-refractivity contribution in [2.45, 2.75) is 196 Å². The molecule has 8 N–H and O–H groups in total. The number of ether oxygens (including phenoxy) is 8. The average Bonchev–Trinajstić information content (AvgIpc) is 3.79. The normalized spacial score (nSPS) is 57.7. The lowest BCUT2D eigenvalue weighted by molar-refractivity contribution is -0.380. The molecule has 5 aliphatic heterocycles. The van der Waals surface area contributed by atoms with Crippen LogP contribution in [0.1, 0.15) is 92.4 Å². The van der Waals surface area contributed by atoms with Crippen LogP contribution < -0.4 is 0 Å². The number of fused-ring (bicyclic) bond motifs is 7. The van der Waals surface area contributed by atoms with Crippen LogP contribution in [0.3, 0.4) is 0 Å². The van der Waals surface area contributed by atoms with Crippen LogP contribution in [0.2, 0.25) is 0 Å². The molecule has 5 heterocycles. The minimum atomic E-state index is -1.70. The molecule has 25 atom stereocenters. The molecule has 16 nitrogen and oxygen atoms in total. The van der Waals surface area contributed by atoms with E-state index in [4.69, 9.17) is 37.9 Å². The molecule has 3 saturated carbocycles. The Morgan fingerprint density at radius 2 is 1.40 bits per heavy atom. The zero-order chi connectivity index (χ0) is 42.6. The smallest absolute Gasteiger partial charge is 0.187 e. The topological polar surface area (TPSA) is 236 Å². The van der Waals surface area contributed by atoms with Gasteiger partial charge in [-0.15, -0.1) is 0 Å². The third-order valence-corrected chi connectivity index (χ3v) is 17.3. The van der Waals surface area contributed by atoms with Crippen molar-refractivity contribution in [3.8, 4) is 0 Å². The van der Waals surface area contributed by atoms with Crippen molar-refractivity contribution in [1.82, 2.24) is 0 Å². The third-order valence-electron chi connectivity index (χ3n) is 17.3. The van der Waals surface area contributed by atoms with E-state index in [2.05, 4.69) is 33.8 Å². The molecule has 9 aliphatic rings. The summed E-state index contributed by atoms with van der Waals surface area (Å²) in [6.45, 7) is 10.7. The fourth-order valence-corrected chi connectivity index (χ4v) is 13.8. The highest BCUT2D eigenvalue weighted by Crippen LogP contribution is 2.70. The quantitative estimate of drug-likeness (QED) is 0.158. The van der Waals surface area contributed by atoms with E-state index in [1.165, 1.54) is 18.9 Å². The molecule has 0 amide bonds. The largest absolute Gasteiger partial charge is 0.394 e. The molecule has 4 aliphatic carbocycles. The lowest BCUT2D eigenvalue weighted by Gasteiger charge is -2.58. The van der Waals surface area contributed by atoms with Gasteiger partial charge in [0.2, 0.25) is 0 Å². The molecule has 9 rings (SSSR count). The summed E-state index contributed by atoms with van der Waals surface area (Å²) in [6, 6.07) is 0. The molecule has 0 aromatic carbocycles. The minimum absolute atomic E-state index is 0.0141. The predicted octanol–water partition coefficient (Wildman–Crippen LogP) is 0.853. The van der Waals surface area contributed by atoms with E-state index in [0.29, 0.717) is 48.3 Å². The number of hydrogen-bond donors (Lipinski definition) is 8. The molecule has 342 valence electrons. The van der Waals surface area contributed by atoms with E-state index in [1.807, 2.05) is 0 Å². The van der Waals surface area contributed by atoms with Crippen molar-refractivity contribution >= 4 is 0 Å². The van der Waals surface area contributed by atoms with Crippen molar-refractivity contribution in [2.75, 3.05) is 19.8 Å². The molecule has 1 spiro atoms. The number of aliphatic hydroxyl groups is 8. The Bertz CT molecular complexity index is 1560. The van der Waals surface area contributed by atoms with E-state index in [0.717, 1.165) is 45.1 Å². The van der Waals surface area contributed by atoms with Crippen molar-refractivity contribution in [3.63, 3.8) is 0 Å². The summed E-state index contributed by atoms with van der Waals surface area (Å²) in [6.07, 6.45) is -8.79. The summed E-state index contributed by atoms with van der Waals surface area (Å²) in [5.74, 6) is 2.65. The fourth-order valence-electron chi connectivity index (χ4n) is 13.8. The second kappa shape index (κ2) is 16.5. The summed E-state index contributed by atoms with van der Waals surface area (Å²) in [5, 5.41) is 84.8. The van der Waals surface area contributed by atoms with Crippen molar-refractivity contribution < 1.29 is 78.7 Å². The molecule has 16 heteroatoms. The van der Waals surface area contributed by atoms with E-state index in [1.54, 1.807) is 0 Å². The first kappa shape index (κ1) is 44.3. The molecular formula is C44H70O16. The van der Waals surface area contributed by atoms with E-state index in [9.17, 15) is 40.9 Å². The maximum absolute atomic E-state index is 11.9.